The van der Waals surface area contributed by atoms with E-state index in [0.29, 0.717) is 11.3 Å². The average molecular weight is 472 g/mol. The predicted octanol–water partition coefficient (Wildman–Crippen LogP) is 3.77. The molecule has 0 aromatic heterocycles. The van der Waals surface area contributed by atoms with E-state index in [4.69, 9.17) is 14.2 Å². The molecular weight excluding hydrogens is 452 g/mol. The number of esters is 1. The fourth-order valence-electron chi connectivity index (χ4n) is 2.88. The molecule has 0 aliphatic rings. The van der Waals surface area contributed by atoms with Crippen molar-refractivity contribution in [2.24, 2.45) is 0 Å². The first-order valence-electron chi connectivity index (χ1n) is 9.49. The molecule has 0 aliphatic carbocycles. The standard InChI is InChI=1S/C22H20N2O8S/c1-30-20-12-11-17(13-21(20)31-2)33(28,29)23-19-6-4-3-5-18(19)22(25)32-14-15-7-9-16(10-8-15)24(26)27/h3-13,23H,14H2,1-2H3. The van der Waals surface area contributed by atoms with Crippen LogP contribution in [0.15, 0.2) is 71.6 Å². The van der Waals surface area contributed by atoms with Crippen LogP contribution in [0.5, 0.6) is 11.5 Å². The van der Waals surface area contributed by atoms with Crippen LogP contribution in [-0.2, 0) is 21.4 Å². The first-order chi connectivity index (χ1) is 15.7. The summed E-state index contributed by atoms with van der Waals surface area (Å²) in [6, 6.07) is 15.6. The Balaban J connectivity index is 1.78. The topological polar surface area (TPSA) is 134 Å². The van der Waals surface area contributed by atoms with E-state index in [1.165, 1.54) is 68.8 Å². The number of carbonyl (C=O) groups excluding carboxylic acids is 1. The summed E-state index contributed by atoms with van der Waals surface area (Å²) in [5.74, 6) is -0.165. The molecule has 10 nitrogen and oxygen atoms in total. The summed E-state index contributed by atoms with van der Waals surface area (Å²) in [5.41, 5.74) is 0.488. The van der Waals surface area contributed by atoms with Gasteiger partial charge in [0.25, 0.3) is 15.7 Å². The van der Waals surface area contributed by atoms with Gasteiger partial charge in [-0.25, -0.2) is 13.2 Å². The third-order valence-corrected chi connectivity index (χ3v) is 5.94. The van der Waals surface area contributed by atoms with Gasteiger partial charge in [-0.05, 0) is 42.0 Å². The molecule has 0 radical (unpaired) electrons. The number of benzene rings is 3. The average Bonchev–Trinajstić information content (AvgIpc) is 2.82. The summed E-state index contributed by atoms with van der Waals surface area (Å²) in [6.07, 6.45) is 0. The molecule has 3 rings (SSSR count). The lowest BCUT2D eigenvalue weighted by Crippen LogP contribution is -2.16. The summed E-state index contributed by atoms with van der Waals surface area (Å²) >= 11 is 0. The van der Waals surface area contributed by atoms with Gasteiger partial charge < -0.3 is 14.2 Å². The summed E-state index contributed by atoms with van der Waals surface area (Å²) in [6.45, 7) is -0.145. The van der Waals surface area contributed by atoms with Crippen molar-refractivity contribution in [1.82, 2.24) is 0 Å². The summed E-state index contributed by atoms with van der Waals surface area (Å²) in [7, 11) is -1.24. The van der Waals surface area contributed by atoms with Crippen molar-refractivity contribution >= 4 is 27.4 Å². The number of rotatable bonds is 9. The number of nitro groups is 1. The van der Waals surface area contributed by atoms with Crippen molar-refractivity contribution in [3.05, 3.63) is 88.0 Å². The highest BCUT2D eigenvalue weighted by atomic mass is 32.2. The number of nitrogens with one attached hydrogen (secondary N) is 1. The molecule has 3 aromatic carbocycles. The Hall–Kier alpha value is -4.12. The van der Waals surface area contributed by atoms with Gasteiger partial charge in [-0.1, -0.05) is 12.1 Å². The fourth-order valence-corrected chi connectivity index (χ4v) is 3.97. The molecule has 0 spiro atoms. The van der Waals surface area contributed by atoms with E-state index in [0.717, 1.165) is 0 Å². The number of ether oxygens (including phenoxy) is 3. The minimum atomic E-state index is -4.06. The van der Waals surface area contributed by atoms with Crippen LogP contribution in [0.2, 0.25) is 0 Å². The molecule has 0 saturated heterocycles. The molecule has 0 amide bonds. The zero-order valence-corrected chi connectivity index (χ0v) is 18.5. The maximum absolute atomic E-state index is 12.9. The molecule has 3 aromatic rings. The molecule has 0 aliphatic heterocycles. The molecule has 0 heterocycles. The predicted molar refractivity (Wildman–Crippen MR) is 119 cm³/mol. The Labute approximate surface area is 189 Å². The second-order valence-corrected chi connectivity index (χ2v) is 8.35. The van der Waals surface area contributed by atoms with Gasteiger partial charge in [-0.2, -0.15) is 0 Å². The van der Waals surface area contributed by atoms with E-state index >= 15 is 0 Å². The largest absolute Gasteiger partial charge is 0.493 e. The summed E-state index contributed by atoms with van der Waals surface area (Å²) in [5, 5.41) is 10.7. The number of non-ortho nitro benzene ring substituents is 1. The van der Waals surface area contributed by atoms with Crippen LogP contribution in [0, 0.1) is 10.1 Å². The van der Waals surface area contributed by atoms with E-state index in [1.54, 1.807) is 12.1 Å². The number of nitrogens with zero attached hydrogens (tertiary/aromatic N) is 1. The van der Waals surface area contributed by atoms with E-state index in [9.17, 15) is 23.3 Å². The molecule has 172 valence electrons. The molecule has 0 fully saturated rings. The van der Waals surface area contributed by atoms with Gasteiger partial charge in [0.2, 0.25) is 0 Å². The lowest BCUT2D eigenvalue weighted by molar-refractivity contribution is -0.384. The first-order valence-corrected chi connectivity index (χ1v) is 11.0. The number of nitro benzene ring substituents is 1. The smallest absolute Gasteiger partial charge is 0.340 e. The van der Waals surface area contributed by atoms with Crippen molar-refractivity contribution in [3.63, 3.8) is 0 Å². The SMILES string of the molecule is COc1ccc(S(=O)(=O)Nc2ccccc2C(=O)OCc2ccc([N+](=O)[O-])cc2)cc1OC. The maximum atomic E-state index is 12.9. The number of methoxy groups -OCH3 is 2. The van der Waals surface area contributed by atoms with Crippen LogP contribution in [0.4, 0.5) is 11.4 Å². The minimum absolute atomic E-state index is 0.00321. The zero-order chi connectivity index (χ0) is 24.0. The van der Waals surface area contributed by atoms with E-state index < -0.39 is 20.9 Å². The van der Waals surface area contributed by atoms with Crippen LogP contribution in [0.3, 0.4) is 0 Å². The lowest BCUT2D eigenvalue weighted by atomic mass is 10.2. The zero-order valence-electron chi connectivity index (χ0n) is 17.7. The van der Waals surface area contributed by atoms with Gasteiger partial charge in [0.15, 0.2) is 11.5 Å². The number of sulfonamides is 1. The van der Waals surface area contributed by atoms with Crippen LogP contribution in [0.25, 0.3) is 0 Å². The van der Waals surface area contributed by atoms with Gasteiger partial charge in [0, 0.05) is 18.2 Å². The molecule has 0 atom stereocenters. The molecule has 33 heavy (non-hydrogen) atoms. The molecule has 0 saturated carbocycles. The Morgan fingerprint density at radius 2 is 1.64 bits per heavy atom. The Bertz CT molecular complexity index is 1270. The first kappa shape index (κ1) is 23.5. The Kier molecular flexibility index (Phi) is 7.13. The molecule has 0 bridgehead atoms. The molecule has 11 heteroatoms. The molecule has 0 unspecified atom stereocenters. The van der Waals surface area contributed by atoms with E-state index in [1.807, 2.05) is 0 Å². The second kappa shape index (κ2) is 10.0. The van der Waals surface area contributed by atoms with E-state index in [2.05, 4.69) is 4.72 Å². The number of hydrogen-bond acceptors (Lipinski definition) is 8. The monoisotopic (exact) mass is 472 g/mol. The van der Waals surface area contributed by atoms with Crippen molar-refractivity contribution in [2.75, 3.05) is 18.9 Å². The fraction of sp³-hybridized carbons (Fsp3) is 0.136. The third kappa shape index (κ3) is 5.57. The van der Waals surface area contributed by atoms with Crippen molar-refractivity contribution < 1.29 is 32.3 Å². The van der Waals surface area contributed by atoms with Crippen LogP contribution in [-0.4, -0.2) is 33.5 Å². The summed E-state index contributed by atoms with van der Waals surface area (Å²) in [4.78, 5) is 22.7. The van der Waals surface area contributed by atoms with Crippen molar-refractivity contribution in [3.8, 4) is 11.5 Å². The number of hydrogen-bond donors (Lipinski definition) is 1. The Morgan fingerprint density at radius 3 is 2.27 bits per heavy atom. The van der Waals surface area contributed by atoms with Crippen LogP contribution >= 0.6 is 0 Å². The van der Waals surface area contributed by atoms with Gasteiger partial charge >= 0.3 is 5.97 Å². The van der Waals surface area contributed by atoms with Gasteiger partial charge in [0.1, 0.15) is 6.61 Å². The van der Waals surface area contributed by atoms with Gasteiger partial charge in [-0.15, -0.1) is 0 Å². The maximum Gasteiger partial charge on any atom is 0.340 e. The minimum Gasteiger partial charge on any atom is -0.493 e. The lowest BCUT2D eigenvalue weighted by Gasteiger charge is -2.14. The summed E-state index contributed by atoms with van der Waals surface area (Å²) < 4.78 is 43.7. The van der Waals surface area contributed by atoms with Gasteiger partial charge in [0.05, 0.1) is 35.3 Å². The number of para-hydroxylation sites is 1. The van der Waals surface area contributed by atoms with Crippen molar-refractivity contribution in [2.45, 2.75) is 11.5 Å². The number of carbonyl (C=O) groups is 1. The van der Waals surface area contributed by atoms with E-state index in [-0.39, 0.29) is 34.2 Å². The van der Waals surface area contributed by atoms with Crippen LogP contribution < -0.4 is 14.2 Å². The number of anilines is 1. The molecular formula is C22H20N2O8S. The quantitative estimate of drug-likeness (QED) is 0.283. The van der Waals surface area contributed by atoms with Crippen molar-refractivity contribution in [1.29, 1.82) is 0 Å². The molecule has 1 N–H and O–H groups in total. The Morgan fingerprint density at radius 1 is 0.970 bits per heavy atom. The highest BCUT2D eigenvalue weighted by Gasteiger charge is 2.21. The van der Waals surface area contributed by atoms with Gasteiger partial charge in [-0.3, -0.25) is 14.8 Å². The van der Waals surface area contributed by atoms with Crippen LogP contribution in [0.1, 0.15) is 15.9 Å². The highest BCUT2D eigenvalue weighted by Crippen LogP contribution is 2.30. The highest BCUT2D eigenvalue weighted by molar-refractivity contribution is 7.92. The second-order valence-electron chi connectivity index (χ2n) is 6.67. The normalized spacial score (nSPS) is 10.8. The third-order valence-electron chi connectivity index (χ3n) is 4.57.